The number of primary amides is 1. The van der Waals surface area contributed by atoms with Crippen LogP contribution >= 0.6 is 11.6 Å². The van der Waals surface area contributed by atoms with E-state index in [0.717, 1.165) is 0 Å². The van der Waals surface area contributed by atoms with Crippen molar-refractivity contribution in [3.8, 4) is 17.2 Å². The third-order valence-electron chi connectivity index (χ3n) is 4.19. The molecule has 0 heterocycles. The summed E-state index contributed by atoms with van der Waals surface area (Å²) in [6.07, 6.45) is 0.115. The molecule has 9 nitrogen and oxygen atoms in total. The van der Waals surface area contributed by atoms with Crippen LogP contribution in [0.4, 0.5) is 11.4 Å². The largest absolute Gasteiger partial charge is 0.493 e. The van der Waals surface area contributed by atoms with E-state index in [1.54, 1.807) is 24.3 Å². The highest BCUT2D eigenvalue weighted by molar-refractivity contribution is 6.30. The zero-order valence-electron chi connectivity index (χ0n) is 16.6. The molecule has 0 atom stereocenters. The van der Waals surface area contributed by atoms with Gasteiger partial charge in [-0.3, -0.25) is 19.7 Å². The average Bonchev–Trinajstić information content (AvgIpc) is 2.76. The van der Waals surface area contributed by atoms with E-state index in [4.69, 9.17) is 26.8 Å². The molecule has 0 fully saturated rings. The Labute approximate surface area is 187 Å². The zero-order chi connectivity index (χ0) is 23.1. The average molecular weight is 456 g/mol. The number of nitrogens with two attached hydrogens (primary N) is 1. The highest BCUT2D eigenvalue weighted by atomic mass is 35.5. The molecule has 0 unspecified atom stereocenters. The number of benzene rings is 3. The molecule has 32 heavy (non-hydrogen) atoms. The first kappa shape index (κ1) is 22.6. The molecule has 164 valence electrons. The topological polar surface area (TPSA) is 134 Å². The fraction of sp³-hybridized carbons (Fsp3) is 0.0909. The number of nitrogens with zero attached hydrogens (tertiary/aromatic N) is 1. The Morgan fingerprint density at radius 3 is 2.28 bits per heavy atom. The first-order valence-corrected chi connectivity index (χ1v) is 9.74. The van der Waals surface area contributed by atoms with Gasteiger partial charge in [0.15, 0.2) is 0 Å². The van der Waals surface area contributed by atoms with Crippen LogP contribution in [0.5, 0.6) is 17.2 Å². The second kappa shape index (κ2) is 10.3. The van der Waals surface area contributed by atoms with Crippen LogP contribution in [0.3, 0.4) is 0 Å². The number of nitro groups is 1. The van der Waals surface area contributed by atoms with Crippen LogP contribution < -0.4 is 20.5 Å². The Kier molecular flexibility index (Phi) is 7.25. The molecule has 3 rings (SSSR count). The van der Waals surface area contributed by atoms with Crippen LogP contribution in [0.15, 0.2) is 66.7 Å². The molecule has 2 amide bonds. The molecule has 0 aliphatic carbocycles. The summed E-state index contributed by atoms with van der Waals surface area (Å²) >= 11 is 5.80. The molecular formula is C22H18ClN3O6. The third-order valence-corrected chi connectivity index (χ3v) is 4.43. The van der Waals surface area contributed by atoms with Crippen LogP contribution in [-0.2, 0) is 4.79 Å². The number of ether oxygens (including phenoxy) is 2. The van der Waals surface area contributed by atoms with Gasteiger partial charge < -0.3 is 20.5 Å². The summed E-state index contributed by atoms with van der Waals surface area (Å²) < 4.78 is 10.9. The van der Waals surface area contributed by atoms with Crippen LogP contribution in [0.1, 0.15) is 16.8 Å². The number of anilines is 1. The van der Waals surface area contributed by atoms with E-state index in [0.29, 0.717) is 22.7 Å². The van der Waals surface area contributed by atoms with E-state index in [1.165, 1.54) is 42.5 Å². The fourth-order valence-electron chi connectivity index (χ4n) is 2.63. The predicted molar refractivity (Wildman–Crippen MR) is 118 cm³/mol. The number of amides is 2. The number of nitrogens with one attached hydrogen (secondary N) is 1. The fourth-order valence-corrected chi connectivity index (χ4v) is 2.79. The van der Waals surface area contributed by atoms with Crippen molar-refractivity contribution in [3.05, 3.63) is 87.4 Å². The number of nitro benzene ring substituents is 1. The summed E-state index contributed by atoms with van der Waals surface area (Å²) in [6.45, 7) is 0.175. The van der Waals surface area contributed by atoms with Gasteiger partial charge in [-0.15, -0.1) is 0 Å². The van der Waals surface area contributed by atoms with Gasteiger partial charge in [0.2, 0.25) is 11.7 Å². The van der Waals surface area contributed by atoms with Crippen molar-refractivity contribution < 1.29 is 24.0 Å². The van der Waals surface area contributed by atoms with Crippen LogP contribution in [0.2, 0.25) is 5.02 Å². The molecule has 3 N–H and O–H groups in total. The summed E-state index contributed by atoms with van der Waals surface area (Å²) in [6, 6.07) is 16.9. The molecule has 3 aromatic carbocycles. The number of carbonyl (C=O) groups is 2. The minimum atomic E-state index is -0.586. The number of hydrogen-bond acceptors (Lipinski definition) is 6. The minimum Gasteiger partial charge on any atom is -0.493 e. The third kappa shape index (κ3) is 6.19. The van der Waals surface area contributed by atoms with Crippen molar-refractivity contribution in [1.82, 2.24) is 0 Å². The first-order valence-electron chi connectivity index (χ1n) is 9.36. The number of hydrogen-bond donors (Lipinski definition) is 2. The second-order valence-electron chi connectivity index (χ2n) is 6.54. The molecule has 0 radical (unpaired) electrons. The van der Waals surface area contributed by atoms with Crippen molar-refractivity contribution in [1.29, 1.82) is 0 Å². The van der Waals surface area contributed by atoms with Gasteiger partial charge in [-0.05, 0) is 60.7 Å². The molecule has 10 heteroatoms. The lowest BCUT2D eigenvalue weighted by molar-refractivity contribution is -0.385. The maximum atomic E-state index is 12.5. The monoisotopic (exact) mass is 455 g/mol. The lowest BCUT2D eigenvalue weighted by Gasteiger charge is -2.09. The highest BCUT2D eigenvalue weighted by Crippen LogP contribution is 2.33. The highest BCUT2D eigenvalue weighted by Gasteiger charge is 2.16. The predicted octanol–water partition coefficient (Wildman–Crippen LogP) is 4.55. The van der Waals surface area contributed by atoms with Crippen LogP contribution in [0.25, 0.3) is 0 Å². The quantitative estimate of drug-likeness (QED) is 0.359. The molecular weight excluding hydrogens is 438 g/mol. The summed E-state index contributed by atoms with van der Waals surface area (Å²) in [5, 5.41) is 14.1. The summed E-state index contributed by atoms with van der Waals surface area (Å²) in [5.41, 5.74) is 5.71. The van der Waals surface area contributed by atoms with Crippen molar-refractivity contribution in [2.45, 2.75) is 6.42 Å². The van der Waals surface area contributed by atoms with Gasteiger partial charge in [0.25, 0.3) is 5.91 Å². The molecule has 0 spiro atoms. The molecule has 0 bridgehead atoms. The van der Waals surface area contributed by atoms with E-state index >= 15 is 0 Å². The maximum Gasteiger partial charge on any atom is 0.313 e. The number of carbonyl (C=O) groups excluding carboxylic acids is 2. The summed E-state index contributed by atoms with van der Waals surface area (Å²) in [5.74, 6) is 0.106. The lowest BCUT2D eigenvalue weighted by atomic mass is 10.2. The lowest BCUT2D eigenvalue weighted by Crippen LogP contribution is -2.14. The Hall–Kier alpha value is -4.11. The molecule has 3 aromatic rings. The van der Waals surface area contributed by atoms with E-state index < -0.39 is 10.8 Å². The molecule has 0 saturated carbocycles. The van der Waals surface area contributed by atoms with E-state index in [1.807, 2.05) is 0 Å². The second-order valence-corrected chi connectivity index (χ2v) is 6.98. The summed E-state index contributed by atoms with van der Waals surface area (Å²) in [4.78, 5) is 33.8. The van der Waals surface area contributed by atoms with Gasteiger partial charge in [0, 0.05) is 22.3 Å². The molecule has 0 aliphatic rings. The van der Waals surface area contributed by atoms with Crippen molar-refractivity contribution >= 4 is 34.8 Å². The van der Waals surface area contributed by atoms with Gasteiger partial charge >= 0.3 is 5.69 Å². The van der Waals surface area contributed by atoms with Gasteiger partial charge in [-0.1, -0.05) is 11.6 Å². The number of halogens is 1. The number of rotatable bonds is 9. The smallest absolute Gasteiger partial charge is 0.313 e. The van der Waals surface area contributed by atoms with Gasteiger partial charge in [-0.2, -0.15) is 0 Å². The van der Waals surface area contributed by atoms with Crippen molar-refractivity contribution in [3.63, 3.8) is 0 Å². The van der Waals surface area contributed by atoms with Gasteiger partial charge in [0.05, 0.1) is 18.0 Å². The maximum absolute atomic E-state index is 12.5. The Morgan fingerprint density at radius 1 is 1.00 bits per heavy atom. The van der Waals surface area contributed by atoms with E-state index in [9.17, 15) is 19.7 Å². The zero-order valence-corrected chi connectivity index (χ0v) is 17.4. The van der Waals surface area contributed by atoms with E-state index in [2.05, 4.69) is 5.32 Å². The molecule has 0 saturated heterocycles. The van der Waals surface area contributed by atoms with Crippen molar-refractivity contribution in [2.24, 2.45) is 5.73 Å². The van der Waals surface area contributed by atoms with Gasteiger partial charge in [-0.25, -0.2) is 0 Å². The van der Waals surface area contributed by atoms with E-state index in [-0.39, 0.29) is 35.4 Å². The Balaban J connectivity index is 1.61. The van der Waals surface area contributed by atoms with Crippen molar-refractivity contribution in [2.75, 3.05) is 11.9 Å². The molecule has 0 aliphatic heterocycles. The summed E-state index contributed by atoms with van der Waals surface area (Å²) in [7, 11) is 0. The molecule has 0 aromatic heterocycles. The minimum absolute atomic E-state index is 0.0368. The standard InChI is InChI=1S/C22H18ClN3O6/c23-15-3-10-20(19(13-15)26(29)30)32-18-6-1-14(2-7-18)22(28)25-16-4-8-17(9-5-16)31-12-11-21(24)27/h1-10,13H,11-12H2,(H2,24,27)(H,25,28). The Bertz CT molecular complexity index is 1130. The van der Waals surface area contributed by atoms with Crippen LogP contribution in [-0.4, -0.2) is 23.3 Å². The van der Waals surface area contributed by atoms with Crippen LogP contribution in [0, 0.1) is 10.1 Å². The van der Waals surface area contributed by atoms with Gasteiger partial charge in [0.1, 0.15) is 11.5 Å². The normalized spacial score (nSPS) is 10.3. The SMILES string of the molecule is NC(=O)CCOc1ccc(NC(=O)c2ccc(Oc3ccc(Cl)cc3[N+](=O)[O-])cc2)cc1. The first-order chi connectivity index (χ1) is 15.3. The Morgan fingerprint density at radius 2 is 1.66 bits per heavy atom.